The minimum Gasteiger partial charge on any atom is -0.378 e. The van der Waals surface area contributed by atoms with Crippen molar-refractivity contribution in [3.63, 3.8) is 0 Å². The number of anilines is 2. The van der Waals surface area contributed by atoms with Crippen LogP contribution in [0.15, 0.2) is 36.5 Å². The highest BCUT2D eigenvalue weighted by Gasteiger charge is 2.16. The molecule has 1 aliphatic rings. The van der Waals surface area contributed by atoms with Crippen molar-refractivity contribution in [2.75, 3.05) is 30.9 Å². The molecule has 0 bridgehead atoms. The predicted molar refractivity (Wildman–Crippen MR) is 104 cm³/mol. The lowest BCUT2D eigenvalue weighted by molar-refractivity contribution is -0.123. The molecule has 0 atom stereocenters. The van der Waals surface area contributed by atoms with Crippen LogP contribution in [0.25, 0.3) is 0 Å². The standard InChI is InChI=1S/C20H28N4O2/c1-23(2)17-10-8-16(9-11-17)14-24-19(12-13-21-24)22-20(25)15-26-18-6-4-3-5-7-18/h8-13,18H,3-7,14-15H2,1-2H3,(H,22,25). The monoisotopic (exact) mass is 356 g/mol. The van der Waals surface area contributed by atoms with E-state index in [1.54, 1.807) is 10.9 Å². The second-order valence-electron chi connectivity index (χ2n) is 7.05. The summed E-state index contributed by atoms with van der Waals surface area (Å²) in [6.45, 7) is 0.715. The SMILES string of the molecule is CN(C)c1ccc(Cn2nccc2NC(=O)COC2CCCCC2)cc1. The van der Waals surface area contributed by atoms with Crippen molar-refractivity contribution in [2.24, 2.45) is 0 Å². The lowest BCUT2D eigenvalue weighted by Crippen LogP contribution is -2.25. The van der Waals surface area contributed by atoms with Crippen molar-refractivity contribution in [1.29, 1.82) is 0 Å². The van der Waals surface area contributed by atoms with E-state index in [9.17, 15) is 4.79 Å². The Bertz CT molecular complexity index is 703. The maximum atomic E-state index is 12.2. The van der Waals surface area contributed by atoms with Crippen LogP contribution in [0.4, 0.5) is 11.5 Å². The second kappa shape index (κ2) is 8.85. The number of aromatic nitrogens is 2. The molecule has 1 aromatic carbocycles. The van der Waals surface area contributed by atoms with E-state index in [0.29, 0.717) is 12.4 Å². The first-order valence-electron chi connectivity index (χ1n) is 9.31. The normalized spacial score (nSPS) is 15.0. The minimum atomic E-state index is -0.125. The lowest BCUT2D eigenvalue weighted by atomic mass is 9.98. The van der Waals surface area contributed by atoms with Gasteiger partial charge in [-0.05, 0) is 30.5 Å². The summed E-state index contributed by atoms with van der Waals surface area (Å²) in [4.78, 5) is 14.3. The minimum absolute atomic E-state index is 0.105. The van der Waals surface area contributed by atoms with Crippen LogP contribution in [0.1, 0.15) is 37.7 Å². The fraction of sp³-hybridized carbons (Fsp3) is 0.500. The number of rotatable bonds is 7. The number of hydrogen-bond donors (Lipinski definition) is 1. The summed E-state index contributed by atoms with van der Waals surface area (Å²) in [7, 11) is 4.04. The van der Waals surface area contributed by atoms with Gasteiger partial charge >= 0.3 is 0 Å². The molecule has 1 fully saturated rings. The summed E-state index contributed by atoms with van der Waals surface area (Å²) < 4.78 is 7.54. The van der Waals surface area contributed by atoms with Crippen molar-refractivity contribution in [1.82, 2.24) is 9.78 Å². The summed E-state index contributed by atoms with van der Waals surface area (Å²) in [6, 6.07) is 10.1. The molecular formula is C20H28N4O2. The van der Waals surface area contributed by atoms with Gasteiger partial charge in [0, 0.05) is 25.8 Å². The Morgan fingerprint density at radius 2 is 1.92 bits per heavy atom. The Balaban J connectivity index is 1.53. The highest BCUT2D eigenvalue weighted by atomic mass is 16.5. The number of ether oxygens (including phenoxy) is 1. The molecule has 1 heterocycles. The average molecular weight is 356 g/mol. The molecule has 3 rings (SSSR count). The van der Waals surface area contributed by atoms with E-state index < -0.39 is 0 Å². The quantitative estimate of drug-likeness (QED) is 0.827. The maximum Gasteiger partial charge on any atom is 0.251 e. The highest BCUT2D eigenvalue weighted by Crippen LogP contribution is 2.20. The van der Waals surface area contributed by atoms with Crippen LogP contribution in [-0.2, 0) is 16.1 Å². The molecule has 0 unspecified atom stereocenters. The zero-order valence-electron chi connectivity index (χ0n) is 15.6. The van der Waals surface area contributed by atoms with Gasteiger partial charge in [-0.15, -0.1) is 0 Å². The van der Waals surface area contributed by atoms with E-state index >= 15 is 0 Å². The van der Waals surface area contributed by atoms with E-state index in [1.807, 2.05) is 20.2 Å². The van der Waals surface area contributed by atoms with Crippen LogP contribution >= 0.6 is 0 Å². The van der Waals surface area contributed by atoms with Crippen molar-refractivity contribution < 1.29 is 9.53 Å². The van der Waals surface area contributed by atoms with Gasteiger partial charge < -0.3 is 15.0 Å². The first-order valence-corrected chi connectivity index (χ1v) is 9.31. The number of nitrogens with one attached hydrogen (secondary N) is 1. The van der Waals surface area contributed by atoms with E-state index in [1.165, 1.54) is 19.3 Å². The Morgan fingerprint density at radius 3 is 2.62 bits per heavy atom. The van der Waals surface area contributed by atoms with E-state index in [-0.39, 0.29) is 18.6 Å². The van der Waals surface area contributed by atoms with Crippen molar-refractivity contribution in [3.05, 3.63) is 42.1 Å². The summed E-state index contributed by atoms with van der Waals surface area (Å²) >= 11 is 0. The van der Waals surface area contributed by atoms with Gasteiger partial charge in [0.1, 0.15) is 12.4 Å². The predicted octanol–water partition coefficient (Wildman–Crippen LogP) is 3.29. The van der Waals surface area contributed by atoms with Gasteiger partial charge in [-0.25, -0.2) is 4.68 Å². The molecule has 0 spiro atoms. The second-order valence-corrected chi connectivity index (χ2v) is 7.05. The number of carbonyl (C=O) groups excluding carboxylic acids is 1. The average Bonchev–Trinajstić information content (AvgIpc) is 3.08. The van der Waals surface area contributed by atoms with Gasteiger partial charge in [0.15, 0.2) is 0 Å². The Labute approximate surface area is 155 Å². The molecule has 2 aromatic rings. The lowest BCUT2D eigenvalue weighted by Gasteiger charge is -2.21. The van der Waals surface area contributed by atoms with Gasteiger partial charge in [0.05, 0.1) is 18.8 Å². The summed E-state index contributed by atoms with van der Waals surface area (Å²) in [5.74, 6) is 0.569. The molecule has 1 aliphatic carbocycles. The summed E-state index contributed by atoms with van der Waals surface area (Å²) in [6.07, 6.45) is 7.74. The molecule has 1 amide bonds. The molecule has 140 valence electrons. The molecule has 6 nitrogen and oxygen atoms in total. The smallest absolute Gasteiger partial charge is 0.251 e. The first-order chi connectivity index (χ1) is 12.6. The molecule has 1 N–H and O–H groups in total. The van der Waals surface area contributed by atoms with Gasteiger partial charge in [-0.2, -0.15) is 5.10 Å². The molecule has 1 aromatic heterocycles. The van der Waals surface area contributed by atoms with E-state index in [0.717, 1.165) is 24.1 Å². The fourth-order valence-electron chi connectivity index (χ4n) is 3.24. The maximum absolute atomic E-state index is 12.2. The molecule has 1 saturated carbocycles. The Morgan fingerprint density at radius 1 is 1.19 bits per heavy atom. The number of nitrogens with zero attached hydrogens (tertiary/aromatic N) is 3. The van der Waals surface area contributed by atoms with Crippen LogP contribution in [0, 0.1) is 0 Å². The molecule has 6 heteroatoms. The number of benzene rings is 1. The summed E-state index contributed by atoms with van der Waals surface area (Å²) in [5, 5.41) is 7.23. The zero-order valence-corrected chi connectivity index (χ0v) is 15.6. The Hall–Kier alpha value is -2.34. The van der Waals surface area contributed by atoms with Crippen LogP contribution in [0.3, 0.4) is 0 Å². The van der Waals surface area contributed by atoms with Crippen molar-refractivity contribution in [2.45, 2.75) is 44.8 Å². The van der Waals surface area contributed by atoms with Crippen molar-refractivity contribution >= 4 is 17.4 Å². The zero-order chi connectivity index (χ0) is 18.4. The van der Waals surface area contributed by atoms with Crippen LogP contribution in [0.2, 0.25) is 0 Å². The molecule has 0 radical (unpaired) electrons. The van der Waals surface area contributed by atoms with Crippen LogP contribution in [-0.4, -0.2) is 42.5 Å². The first kappa shape index (κ1) is 18.5. The third kappa shape index (κ3) is 5.08. The Kier molecular flexibility index (Phi) is 6.28. The van der Waals surface area contributed by atoms with Gasteiger partial charge in [-0.3, -0.25) is 4.79 Å². The molecule has 26 heavy (non-hydrogen) atoms. The number of hydrogen-bond acceptors (Lipinski definition) is 4. The molecule has 0 aliphatic heterocycles. The van der Waals surface area contributed by atoms with Crippen LogP contribution in [0.5, 0.6) is 0 Å². The number of amides is 1. The largest absolute Gasteiger partial charge is 0.378 e. The third-order valence-corrected chi connectivity index (χ3v) is 4.77. The fourth-order valence-corrected chi connectivity index (χ4v) is 3.24. The topological polar surface area (TPSA) is 59.4 Å². The summed E-state index contributed by atoms with van der Waals surface area (Å²) in [5.41, 5.74) is 2.29. The van der Waals surface area contributed by atoms with Crippen LogP contribution < -0.4 is 10.2 Å². The van der Waals surface area contributed by atoms with Gasteiger partial charge in [0.25, 0.3) is 5.91 Å². The van der Waals surface area contributed by atoms with E-state index in [4.69, 9.17) is 4.74 Å². The van der Waals surface area contributed by atoms with Gasteiger partial charge in [-0.1, -0.05) is 31.4 Å². The molecular weight excluding hydrogens is 328 g/mol. The third-order valence-electron chi connectivity index (χ3n) is 4.77. The van der Waals surface area contributed by atoms with E-state index in [2.05, 4.69) is 39.6 Å². The highest BCUT2D eigenvalue weighted by molar-refractivity contribution is 5.90. The van der Waals surface area contributed by atoms with Crippen molar-refractivity contribution in [3.8, 4) is 0 Å². The number of carbonyl (C=O) groups is 1. The molecule has 0 saturated heterocycles. The van der Waals surface area contributed by atoms with Gasteiger partial charge in [0.2, 0.25) is 0 Å².